The zero-order chi connectivity index (χ0) is 26.8. The highest BCUT2D eigenvalue weighted by Crippen LogP contribution is 2.46. The molecule has 3 aliphatic rings. The first-order chi connectivity index (χ1) is 19.0. The van der Waals surface area contributed by atoms with Crippen molar-refractivity contribution in [1.82, 2.24) is 4.90 Å². The molecule has 1 N–H and O–H groups in total. The number of piperidine rings is 1. The summed E-state index contributed by atoms with van der Waals surface area (Å²) < 4.78 is 13.2. The molecule has 1 atom stereocenters. The van der Waals surface area contributed by atoms with Crippen molar-refractivity contribution in [2.45, 2.75) is 71.0 Å². The molecule has 3 aromatic carbocycles. The van der Waals surface area contributed by atoms with Crippen LogP contribution in [0, 0.1) is 19.8 Å². The van der Waals surface area contributed by atoms with Crippen molar-refractivity contribution in [2.75, 3.05) is 38.1 Å². The van der Waals surface area contributed by atoms with Gasteiger partial charge in [-0.05, 0) is 99.7 Å². The summed E-state index contributed by atoms with van der Waals surface area (Å²) in [7, 11) is 0. The van der Waals surface area contributed by atoms with Crippen molar-refractivity contribution in [1.29, 1.82) is 0 Å². The van der Waals surface area contributed by atoms with E-state index in [0.29, 0.717) is 0 Å². The van der Waals surface area contributed by atoms with Crippen LogP contribution in [0.25, 0.3) is 0 Å². The van der Waals surface area contributed by atoms with Crippen LogP contribution in [-0.2, 0) is 17.6 Å². The largest absolute Gasteiger partial charge is 0.485 e. The van der Waals surface area contributed by atoms with Crippen molar-refractivity contribution in [3.8, 4) is 5.75 Å². The molecule has 0 spiro atoms. The molecule has 4 nitrogen and oxygen atoms in total. The van der Waals surface area contributed by atoms with Gasteiger partial charge in [-0.2, -0.15) is 0 Å². The molecule has 6 heteroatoms. The average Bonchev–Trinajstić information content (AvgIpc) is 3.59. The number of hydrogen-bond acceptors (Lipinski definition) is 4. The minimum absolute atomic E-state index is 0. The first-order valence-corrected chi connectivity index (χ1v) is 15.0. The van der Waals surface area contributed by atoms with Crippen LogP contribution in [0.3, 0.4) is 0 Å². The summed E-state index contributed by atoms with van der Waals surface area (Å²) in [4.78, 5) is 2.65. The topological polar surface area (TPSA) is 33.7 Å². The molecule has 3 heterocycles. The van der Waals surface area contributed by atoms with Crippen molar-refractivity contribution in [3.63, 3.8) is 0 Å². The number of nitrogens with zero attached hydrogens (tertiary/aromatic N) is 1. The van der Waals surface area contributed by atoms with Gasteiger partial charge in [-0.25, -0.2) is 0 Å². The lowest BCUT2D eigenvalue weighted by atomic mass is 9.89. The second-order valence-corrected chi connectivity index (χ2v) is 12.3. The molecule has 1 unspecified atom stereocenters. The number of rotatable bonds is 9. The van der Waals surface area contributed by atoms with Crippen molar-refractivity contribution < 1.29 is 9.47 Å². The molecule has 1 fully saturated rings. The second kappa shape index (κ2) is 13.8. The van der Waals surface area contributed by atoms with Crippen LogP contribution in [0.1, 0.15) is 72.1 Å². The smallest absolute Gasteiger partial charge is 0.127 e. The van der Waals surface area contributed by atoms with Gasteiger partial charge in [0.2, 0.25) is 0 Å². The molecule has 0 amide bonds. The number of likely N-dealkylation sites (tertiary alicyclic amines) is 1. The zero-order valence-electron chi connectivity index (χ0n) is 24.8. The molecule has 3 aliphatic heterocycles. The van der Waals surface area contributed by atoms with Gasteiger partial charge in [0.15, 0.2) is 0 Å². The van der Waals surface area contributed by atoms with Crippen LogP contribution < -0.4 is 10.1 Å². The maximum Gasteiger partial charge on any atom is 0.127 e. The molecule has 0 aliphatic carbocycles. The third-order valence-electron chi connectivity index (χ3n) is 9.31. The second-order valence-electron chi connectivity index (χ2n) is 12.3. The number of fused-ring (bicyclic) bond motifs is 3. The van der Waals surface area contributed by atoms with Crippen molar-refractivity contribution in [2.24, 2.45) is 5.92 Å². The molecule has 0 bridgehead atoms. The quantitative estimate of drug-likeness (QED) is 0.253. The fourth-order valence-corrected chi connectivity index (χ4v) is 7.12. The van der Waals surface area contributed by atoms with E-state index < -0.39 is 0 Å². The zero-order valence-corrected chi connectivity index (χ0v) is 26.4. The Morgan fingerprint density at radius 3 is 2.20 bits per heavy atom. The fraction of sp³-hybridized carbons (Fsp3) is 0.486. The molecule has 0 saturated carbocycles. The summed E-state index contributed by atoms with van der Waals surface area (Å²) in [6, 6.07) is 21.2. The summed E-state index contributed by atoms with van der Waals surface area (Å²) in [6.07, 6.45) is 7.10. The number of nitrogens with one attached hydrogen (secondary N) is 1. The number of halogens is 2. The summed E-state index contributed by atoms with van der Waals surface area (Å²) >= 11 is 0. The van der Waals surface area contributed by atoms with Crippen LogP contribution in [0.4, 0.5) is 5.69 Å². The predicted molar refractivity (Wildman–Crippen MR) is 174 cm³/mol. The predicted octanol–water partition coefficient (Wildman–Crippen LogP) is 8.11. The van der Waals surface area contributed by atoms with E-state index in [1.165, 1.54) is 77.2 Å². The normalized spacial score (nSPS) is 20.0. The van der Waals surface area contributed by atoms with Gasteiger partial charge >= 0.3 is 0 Å². The molecular formula is C35H46Cl2N2O2. The molecular weight excluding hydrogens is 551 g/mol. The maximum absolute atomic E-state index is 6.75. The van der Waals surface area contributed by atoms with Gasteiger partial charge in [0.05, 0.1) is 0 Å². The summed E-state index contributed by atoms with van der Waals surface area (Å²) in [5.74, 6) is 1.97. The van der Waals surface area contributed by atoms with E-state index in [2.05, 4.69) is 91.7 Å². The lowest BCUT2D eigenvalue weighted by Gasteiger charge is -2.37. The van der Waals surface area contributed by atoms with Crippen LogP contribution in [0.15, 0.2) is 60.7 Å². The van der Waals surface area contributed by atoms with E-state index in [1.807, 2.05) is 0 Å². The number of ether oxygens (including phenoxy) is 2. The molecule has 0 aromatic heterocycles. The highest BCUT2D eigenvalue weighted by molar-refractivity contribution is 5.85. The van der Waals surface area contributed by atoms with Gasteiger partial charge in [0.1, 0.15) is 17.5 Å². The Bertz CT molecular complexity index is 1240. The minimum atomic E-state index is -0.123. The Labute approximate surface area is 259 Å². The van der Waals surface area contributed by atoms with Gasteiger partial charge in [-0.15, -0.1) is 24.8 Å². The summed E-state index contributed by atoms with van der Waals surface area (Å²) in [5, 5.41) is 3.62. The minimum Gasteiger partial charge on any atom is -0.485 e. The molecule has 0 radical (unpaired) electrons. The Kier molecular flexibility index (Phi) is 10.7. The van der Waals surface area contributed by atoms with E-state index in [4.69, 9.17) is 9.47 Å². The third-order valence-corrected chi connectivity index (χ3v) is 9.31. The van der Waals surface area contributed by atoms with Gasteiger partial charge in [0.25, 0.3) is 0 Å². The highest BCUT2D eigenvalue weighted by Gasteiger charge is 2.41. The first kappa shape index (κ1) is 31.7. The maximum atomic E-state index is 6.75. The summed E-state index contributed by atoms with van der Waals surface area (Å²) in [5.41, 5.74) is 9.39. The molecule has 41 heavy (non-hydrogen) atoms. The van der Waals surface area contributed by atoms with E-state index in [9.17, 15) is 0 Å². The summed E-state index contributed by atoms with van der Waals surface area (Å²) in [6.45, 7) is 12.0. The van der Waals surface area contributed by atoms with E-state index in [-0.39, 0.29) is 36.5 Å². The Balaban J connectivity index is 0.00000194. The lowest BCUT2D eigenvalue weighted by Crippen LogP contribution is -2.47. The molecule has 3 aromatic rings. The number of benzene rings is 3. The molecule has 6 rings (SSSR count). The van der Waals surface area contributed by atoms with Gasteiger partial charge in [0, 0.05) is 37.4 Å². The van der Waals surface area contributed by atoms with E-state index >= 15 is 0 Å². The number of hydrogen-bond donors (Lipinski definition) is 1. The SMILES string of the molecule is Cc1c(C)c2c(c3c1NCC3)CC(C)(CN1CCC(CCCOC(c3ccccc3)c3ccccc3)CC1)O2.Cl.Cl. The average molecular weight is 598 g/mol. The fourth-order valence-electron chi connectivity index (χ4n) is 7.12. The van der Waals surface area contributed by atoms with Crippen LogP contribution >= 0.6 is 24.8 Å². The lowest BCUT2D eigenvalue weighted by molar-refractivity contribution is 0.0432. The number of anilines is 1. The van der Waals surface area contributed by atoms with Crippen LogP contribution in [0.5, 0.6) is 5.75 Å². The van der Waals surface area contributed by atoms with Crippen LogP contribution in [-0.4, -0.2) is 43.3 Å². The van der Waals surface area contributed by atoms with Gasteiger partial charge < -0.3 is 14.8 Å². The highest BCUT2D eigenvalue weighted by atomic mass is 35.5. The molecule has 222 valence electrons. The Morgan fingerprint density at radius 2 is 1.56 bits per heavy atom. The first-order valence-electron chi connectivity index (χ1n) is 15.0. The third kappa shape index (κ3) is 6.88. The van der Waals surface area contributed by atoms with Gasteiger partial charge in [-0.3, -0.25) is 4.90 Å². The van der Waals surface area contributed by atoms with Crippen molar-refractivity contribution in [3.05, 3.63) is 94.0 Å². The van der Waals surface area contributed by atoms with E-state index in [0.717, 1.165) is 44.9 Å². The Hall–Kier alpha value is -2.24. The monoisotopic (exact) mass is 596 g/mol. The molecule has 1 saturated heterocycles. The Morgan fingerprint density at radius 1 is 0.927 bits per heavy atom. The van der Waals surface area contributed by atoms with Crippen molar-refractivity contribution >= 4 is 30.5 Å². The standard InChI is InChI=1S/C35H44N2O2.2ClH/c1-25-26(2)33-31(30-16-19-36-32(25)30)23-35(3,39-33)24-37-20-17-27(18-21-37)11-10-22-38-34(28-12-6-4-7-13-28)29-14-8-5-9-15-29;;/h4-9,12-15,27,34,36H,10-11,16-24H2,1-3H3;2*1H. The van der Waals surface area contributed by atoms with E-state index in [1.54, 1.807) is 0 Å². The van der Waals surface area contributed by atoms with Crippen LogP contribution in [0.2, 0.25) is 0 Å². The van der Waals surface area contributed by atoms with Gasteiger partial charge in [-0.1, -0.05) is 60.7 Å².